The van der Waals surface area contributed by atoms with Gasteiger partial charge in [-0.3, -0.25) is 0 Å². The number of carbonyl (C=O) groups excluding carboxylic acids is 2. The summed E-state index contributed by atoms with van der Waals surface area (Å²) < 4.78 is 51.4. The molecule has 0 radical (unpaired) electrons. The van der Waals surface area contributed by atoms with Crippen LogP contribution in [0.1, 0.15) is 60.2 Å². The van der Waals surface area contributed by atoms with Crippen molar-refractivity contribution in [1.82, 2.24) is 0 Å². The van der Waals surface area contributed by atoms with Crippen LogP contribution in [-0.4, -0.2) is 37.2 Å². The van der Waals surface area contributed by atoms with Crippen LogP contribution >= 0.6 is 13.7 Å². The van der Waals surface area contributed by atoms with Gasteiger partial charge in [0.15, 0.2) is 0 Å². The first-order valence-corrected chi connectivity index (χ1v) is 27.1. The van der Waals surface area contributed by atoms with Crippen molar-refractivity contribution in [3.63, 3.8) is 0 Å². The van der Waals surface area contributed by atoms with Crippen molar-refractivity contribution in [3.05, 3.63) is 211 Å². The fourth-order valence-corrected chi connectivity index (χ4v) is 21.2. The Hall–Kier alpha value is -5.75. The van der Waals surface area contributed by atoms with Gasteiger partial charge in [0.25, 0.3) is 0 Å². The van der Waals surface area contributed by atoms with Crippen LogP contribution in [0.25, 0.3) is 0 Å². The van der Waals surface area contributed by atoms with Gasteiger partial charge in [-0.25, -0.2) is 0 Å². The fourth-order valence-electron chi connectivity index (χ4n) is 8.91. The molecule has 318 valence electrons. The molecule has 0 unspecified atom stereocenters. The van der Waals surface area contributed by atoms with E-state index in [2.05, 4.69) is 13.8 Å². The first-order chi connectivity index (χ1) is 30.0. The van der Waals surface area contributed by atoms with Gasteiger partial charge >= 0.3 is 367 Å². The van der Waals surface area contributed by atoms with Crippen molar-refractivity contribution in [2.45, 2.75) is 44.4 Å². The van der Waals surface area contributed by atoms with Gasteiger partial charge < -0.3 is 0 Å². The van der Waals surface area contributed by atoms with E-state index < -0.39 is 40.6 Å². The molecule has 0 aliphatic carbocycles. The molecule has 0 spiro atoms. The summed E-state index contributed by atoms with van der Waals surface area (Å²) in [5, 5.41) is 4.86. The van der Waals surface area contributed by atoms with Gasteiger partial charge in [0, 0.05) is 0 Å². The normalized spacial score (nSPS) is 13.1. The van der Waals surface area contributed by atoms with Crippen LogP contribution in [-0.2, 0) is 19.2 Å². The minimum absolute atomic E-state index is 0.228. The van der Waals surface area contributed by atoms with E-state index in [9.17, 15) is 13.0 Å². The molecule has 0 atom stereocenters. The third-order valence-corrected chi connectivity index (χ3v) is 24.6. The number of benzene rings is 7. The van der Waals surface area contributed by atoms with Gasteiger partial charge in [-0.15, -0.1) is 0 Å². The molecule has 0 fully saturated rings. The number of carbonyl (C=O) groups is 2. The van der Waals surface area contributed by atoms with Crippen LogP contribution in [0.5, 0.6) is 0 Å². The Morgan fingerprint density at radius 1 is 0.435 bits per heavy atom. The molecule has 62 heavy (non-hydrogen) atoms. The molecule has 0 aromatic heterocycles. The van der Waals surface area contributed by atoms with Gasteiger partial charge in [-0.05, 0) is 0 Å². The summed E-state index contributed by atoms with van der Waals surface area (Å²) in [5.74, 6) is -1.71. The molecule has 0 aliphatic heterocycles. The van der Waals surface area contributed by atoms with E-state index in [1.807, 2.05) is 182 Å². The molecule has 7 aromatic rings. The maximum absolute atomic E-state index is 15.3. The Labute approximate surface area is 365 Å². The Kier molecular flexibility index (Phi) is 13.1. The molecule has 0 saturated carbocycles. The molecule has 0 aliphatic rings. The van der Waals surface area contributed by atoms with Crippen LogP contribution in [0.4, 0.5) is 0 Å². The van der Waals surface area contributed by atoms with Gasteiger partial charge in [0.05, 0.1) is 0 Å². The van der Waals surface area contributed by atoms with Gasteiger partial charge in [-0.2, -0.15) is 0 Å². The number of rotatable bonds is 17. The molecule has 7 rings (SSSR count). The van der Waals surface area contributed by atoms with Crippen LogP contribution in [0.3, 0.4) is 0 Å². The molecule has 0 bridgehead atoms. The zero-order valence-corrected chi connectivity index (χ0v) is 37.6. The van der Waals surface area contributed by atoms with Crippen molar-refractivity contribution in [2.24, 2.45) is 0 Å². The Morgan fingerprint density at radius 2 is 0.677 bits per heavy atom. The standard InChI is InChI=1S/C52H52O7P2S/c1-3-5-37-60(44-25-13-7-14-26-44,45-27-15-8-16-28-45,46-29-17-9-18-30-46)58-51(53)42-39-43(41-50(40-42)62(55,56)57)52(54)59-61(38-6-4-2,47-31-19-10-20-32-47,48-33-21-11-22-34-48)49-35-23-12-24-36-49/h7-36,39-41H,3-6,37-38H2,1-2H3,(H,55,56,57). The van der Waals surface area contributed by atoms with Crippen molar-refractivity contribution in [2.75, 3.05) is 12.3 Å². The van der Waals surface area contributed by atoms with Gasteiger partial charge in [0.2, 0.25) is 0 Å². The van der Waals surface area contributed by atoms with Crippen LogP contribution < -0.4 is 31.8 Å². The van der Waals surface area contributed by atoms with E-state index in [4.69, 9.17) is 9.05 Å². The van der Waals surface area contributed by atoms with Crippen molar-refractivity contribution in [1.29, 1.82) is 0 Å². The van der Waals surface area contributed by atoms with E-state index in [0.29, 0.717) is 25.2 Å². The third kappa shape index (κ3) is 7.82. The second kappa shape index (κ2) is 18.3. The maximum atomic E-state index is 15.3. The molecule has 0 amide bonds. The number of hydrogen-bond donors (Lipinski definition) is 1. The van der Waals surface area contributed by atoms with E-state index >= 15 is 9.59 Å². The van der Waals surface area contributed by atoms with Gasteiger partial charge in [0.1, 0.15) is 0 Å². The van der Waals surface area contributed by atoms with Gasteiger partial charge in [-0.1, -0.05) is 0 Å². The third-order valence-electron chi connectivity index (χ3n) is 11.9. The fraction of sp³-hybridized carbons (Fsp3) is 0.154. The monoisotopic (exact) mass is 882 g/mol. The Balaban J connectivity index is 1.48. The SMILES string of the molecule is CCCCP(OC(=O)c1cc(C(=O)OP(CCCC)(c2ccccc2)(c2ccccc2)c2ccccc2)cc(S(=O)(=O)O)c1)(c1ccccc1)(c1ccccc1)c1ccccc1. The molecule has 10 heteroatoms. The molecule has 1 N–H and O–H groups in total. The zero-order chi connectivity index (χ0) is 43.7. The predicted octanol–water partition coefficient (Wildman–Crippen LogP) is 9.74. The van der Waals surface area contributed by atoms with Crippen LogP contribution in [0.2, 0.25) is 0 Å². The van der Waals surface area contributed by atoms with E-state index in [0.717, 1.165) is 56.8 Å². The Bertz CT molecular complexity index is 2370. The summed E-state index contributed by atoms with van der Waals surface area (Å²) in [6.45, 7) is -4.35. The first kappa shape index (κ1) is 44.3. The average Bonchev–Trinajstić information content (AvgIpc) is 3.33. The summed E-state index contributed by atoms with van der Waals surface area (Å²) >= 11 is 0. The van der Waals surface area contributed by atoms with Crippen molar-refractivity contribution >= 4 is 67.5 Å². The Morgan fingerprint density at radius 3 is 0.887 bits per heavy atom. The first-order valence-electron chi connectivity index (χ1n) is 21.0. The van der Waals surface area contributed by atoms with Crippen molar-refractivity contribution in [3.8, 4) is 0 Å². The molecular weight excluding hydrogens is 831 g/mol. The molecule has 0 heterocycles. The minimum atomic E-state index is -4.97. The summed E-state index contributed by atoms with van der Waals surface area (Å²) in [4.78, 5) is 30.1. The molecular formula is C52H52O7P2S. The summed E-state index contributed by atoms with van der Waals surface area (Å²) in [5.41, 5.74) is -0.457. The quantitative estimate of drug-likeness (QED) is 0.0717. The van der Waals surface area contributed by atoms with Crippen LogP contribution in [0, 0.1) is 0 Å². The topological polar surface area (TPSA) is 107 Å². The predicted molar refractivity (Wildman–Crippen MR) is 257 cm³/mol. The zero-order valence-electron chi connectivity index (χ0n) is 35.0. The second-order valence-electron chi connectivity index (χ2n) is 15.6. The van der Waals surface area contributed by atoms with Crippen LogP contribution in [0.15, 0.2) is 205 Å². The summed E-state index contributed by atoms with van der Waals surface area (Å²) in [6, 6.07) is 61.8. The molecule has 7 aromatic carbocycles. The van der Waals surface area contributed by atoms with E-state index in [1.165, 1.54) is 6.07 Å². The molecule has 0 saturated heterocycles. The van der Waals surface area contributed by atoms with Crippen molar-refractivity contribution < 1.29 is 31.6 Å². The molecule has 7 nitrogen and oxygen atoms in total. The second-order valence-corrected chi connectivity index (χ2v) is 26.2. The van der Waals surface area contributed by atoms with E-state index in [1.54, 1.807) is 0 Å². The number of hydrogen-bond acceptors (Lipinski definition) is 6. The van der Waals surface area contributed by atoms with E-state index in [-0.39, 0.29) is 11.1 Å². The summed E-state index contributed by atoms with van der Waals surface area (Å²) in [6.07, 6.45) is 3.88. The summed E-state index contributed by atoms with van der Waals surface area (Å²) in [7, 11) is -4.97. The average molecular weight is 883 g/mol. The number of unbranched alkanes of at least 4 members (excludes halogenated alkanes) is 2.